The minimum absolute atomic E-state index is 0.647. The summed E-state index contributed by atoms with van der Waals surface area (Å²) in [6.07, 6.45) is 26.4. The van der Waals surface area contributed by atoms with Crippen molar-refractivity contribution in [1.29, 1.82) is 0 Å². The van der Waals surface area contributed by atoms with Crippen LogP contribution in [0.1, 0.15) is 142 Å². The van der Waals surface area contributed by atoms with Gasteiger partial charge in [0.25, 0.3) is 0 Å². The van der Waals surface area contributed by atoms with Gasteiger partial charge in [0.05, 0.1) is 0 Å². The first-order valence-corrected chi connectivity index (χ1v) is 15.4. The van der Waals surface area contributed by atoms with E-state index >= 15 is 0 Å². The molecular weight excluding hydrogens is 379 g/mol. The summed E-state index contributed by atoms with van der Waals surface area (Å²) in [4.78, 5) is 10.3. The Morgan fingerprint density at radius 3 is 0.966 bits per heavy atom. The number of hydrogen-bond acceptors (Lipinski definition) is 3. The summed E-state index contributed by atoms with van der Waals surface area (Å²) in [6.45, 7) is 7.60. The average Bonchev–Trinajstić information content (AvgIpc) is 2.70. The van der Waals surface area contributed by atoms with Crippen molar-refractivity contribution in [3.63, 3.8) is 0 Å². The van der Waals surface area contributed by atoms with Crippen LogP contribution < -0.4 is 0 Å². The molecule has 29 heavy (non-hydrogen) atoms. The summed E-state index contributed by atoms with van der Waals surface area (Å²) in [5.41, 5.74) is 0. The molecule has 0 saturated carbocycles. The Kier molecular flexibility index (Phi) is 23.2. The molecule has 3 nitrogen and oxygen atoms in total. The standard InChI is InChI=1S/C25H55O3P/c1-4-6-8-10-12-14-16-18-20-22-24-27-29(3,26)28-25-23-21-19-17-15-13-11-9-7-5-2/h26,29H,4-25H2,1-3H3. The predicted octanol–water partition coefficient (Wildman–Crippen LogP) is 8.98. The SMILES string of the molecule is CCCCCCCCCCCCO[PH](C)(O)OCCCCCCCCCCCC. The van der Waals surface area contributed by atoms with Gasteiger partial charge in [-0.2, -0.15) is 0 Å². The number of rotatable bonds is 24. The van der Waals surface area contributed by atoms with Crippen LogP contribution in [0.4, 0.5) is 0 Å². The second kappa shape index (κ2) is 23.0. The molecule has 0 saturated heterocycles. The summed E-state index contributed by atoms with van der Waals surface area (Å²) in [5, 5.41) is 0. The Bertz CT molecular complexity index is 282. The van der Waals surface area contributed by atoms with Crippen molar-refractivity contribution in [3.05, 3.63) is 0 Å². The molecule has 178 valence electrons. The van der Waals surface area contributed by atoms with Gasteiger partial charge >= 0.3 is 170 Å². The van der Waals surface area contributed by atoms with Crippen molar-refractivity contribution in [1.82, 2.24) is 0 Å². The van der Waals surface area contributed by atoms with Gasteiger partial charge < -0.3 is 0 Å². The second-order valence-electron chi connectivity index (χ2n) is 8.96. The number of unbranched alkanes of at least 4 members (excludes halogenated alkanes) is 18. The molecule has 0 rings (SSSR count). The van der Waals surface area contributed by atoms with Gasteiger partial charge in [0.2, 0.25) is 0 Å². The van der Waals surface area contributed by atoms with Crippen LogP contribution in [0.25, 0.3) is 0 Å². The Balaban J connectivity index is 3.30. The molecule has 0 aromatic rings. The van der Waals surface area contributed by atoms with E-state index in [1.807, 2.05) is 0 Å². The third-order valence-corrected chi connectivity index (χ3v) is 7.22. The first-order chi connectivity index (χ1) is 14.1. The molecule has 0 unspecified atom stereocenters. The summed E-state index contributed by atoms with van der Waals surface area (Å²) in [5.74, 6) is 0. The Hall–Kier alpha value is 0.310. The van der Waals surface area contributed by atoms with Gasteiger partial charge in [0, 0.05) is 0 Å². The van der Waals surface area contributed by atoms with Gasteiger partial charge in [0.1, 0.15) is 0 Å². The van der Waals surface area contributed by atoms with Gasteiger partial charge in [0.15, 0.2) is 0 Å². The fourth-order valence-corrected chi connectivity index (χ4v) is 4.87. The van der Waals surface area contributed by atoms with Crippen LogP contribution in [0.3, 0.4) is 0 Å². The van der Waals surface area contributed by atoms with E-state index in [2.05, 4.69) is 13.8 Å². The van der Waals surface area contributed by atoms with Gasteiger partial charge in [-0.15, -0.1) is 0 Å². The van der Waals surface area contributed by atoms with E-state index in [0.717, 1.165) is 12.8 Å². The Morgan fingerprint density at radius 1 is 0.448 bits per heavy atom. The molecule has 0 amide bonds. The van der Waals surface area contributed by atoms with Crippen molar-refractivity contribution < 1.29 is 13.9 Å². The quantitative estimate of drug-likeness (QED) is 0.122. The van der Waals surface area contributed by atoms with E-state index in [4.69, 9.17) is 9.05 Å². The van der Waals surface area contributed by atoms with Crippen LogP contribution in [-0.2, 0) is 9.05 Å². The van der Waals surface area contributed by atoms with Crippen molar-refractivity contribution in [2.75, 3.05) is 19.9 Å². The summed E-state index contributed by atoms with van der Waals surface area (Å²) < 4.78 is 11.3. The van der Waals surface area contributed by atoms with Crippen molar-refractivity contribution in [2.45, 2.75) is 142 Å². The van der Waals surface area contributed by atoms with Crippen molar-refractivity contribution >= 4 is 7.94 Å². The minimum atomic E-state index is -2.89. The fraction of sp³-hybridized carbons (Fsp3) is 1.00. The topological polar surface area (TPSA) is 38.7 Å². The van der Waals surface area contributed by atoms with E-state index in [0.29, 0.717) is 13.2 Å². The third kappa shape index (κ3) is 24.5. The van der Waals surface area contributed by atoms with E-state index in [1.165, 1.54) is 116 Å². The normalized spacial score (nSPS) is 12.6. The summed E-state index contributed by atoms with van der Waals surface area (Å²) in [6, 6.07) is 0. The molecule has 0 aliphatic carbocycles. The smallest absolute Gasteiger partial charge is 0.0654 e. The number of hydrogen-bond donors (Lipinski definition) is 1. The third-order valence-electron chi connectivity index (χ3n) is 5.74. The van der Waals surface area contributed by atoms with Crippen LogP contribution >= 0.6 is 7.94 Å². The molecule has 0 aromatic heterocycles. The second-order valence-corrected chi connectivity index (χ2v) is 11.3. The first-order valence-electron chi connectivity index (χ1n) is 13.1. The summed E-state index contributed by atoms with van der Waals surface area (Å²) in [7, 11) is -2.89. The van der Waals surface area contributed by atoms with Gasteiger partial charge in [-0.25, -0.2) is 0 Å². The molecule has 1 N–H and O–H groups in total. The van der Waals surface area contributed by atoms with Crippen LogP contribution in [0.2, 0.25) is 0 Å². The molecule has 0 bridgehead atoms. The van der Waals surface area contributed by atoms with Crippen LogP contribution in [0.5, 0.6) is 0 Å². The predicted molar refractivity (Wildman–Crippen MR) is 132 cm³/mol. The van der Waals surface area contributed by atoms with Crippen LogP contribution in [0, 0.1) is 0 Å². The monoisotopic (exact) mass is 434 g/mol. The van der Waals surface area contributed by atoms with E-state index in [1.54, 1.807) is 6.66 Å². The zero-order valence-electron chi connectivity index (χ0n) is 20.3. The van der Waals surface area contributed by atoms with Crippen LogP contribution in [0.15, 0.2) is 0 Å². The maximum absolute atomic E-state index is 10.3. The van der Waals surface area contributed by atoms with Crippen molar-refractivity contribution in [3.8, 4) is 0 Å². The molecule has 0 aromatic carbocycles. The summed E-state index contributed by atoms with van der Waals surface area (Å²) >= 11 is 0. The van der Waals surface area contributed by atoms with Crippen LogP contribution in [-0.4, -0.2) is 24.8 Å². The van der Waals surface area contributed by atoms with Gasteiger partial charge in [-0.05, 0) is 0 Å². The van der Waals surface area contributed by atoms with E-state index < -0.39 is 7.94 Å². The van der Waals surface area contributed by atoms with Crippen molar-refractivity contribution in [2.24, 2.45) is 0 Å². The molecule has 0 aliphatic heterocycles. The molecular formula is C25H55O3P. The molecule has 0 atom stereocenters. The molecule has 0 spiro atoms. The molecule has 0 heterocycles. The van der Waals surface area contributed by atoms with Gasteiger partial charge in [-0.1, -0.05) is 13.8 Å². The minimum Gasteiger partial charge on any atom is -0.0654 e. The molecule has 0 radical (unpaired) electrons. The zero-order valence-corrected chi connectivity index (χ0v) is 21.3. The van der Waals surface area contributed by atoms with E-state index in [9.17, 15) is 4.89 Å². The average molecular weight is 435 g/mol. The zero-order chi connectivity index (χ0) is 21.5. The molecule has 0 fully saturated rings. The maximum atomic E-state index is 10.3. The Labute approximate surface area is 184 Å². The Morgan fingerprint density at radius 2 is 0.690 bits per heavy atom. The first kappa shape index (κ1) is 29.3. The molecule has 0 aliphatic rings. The molecule has 4 heteroatoms. The fourth-order valence-electron chi connectivity index (χ4n) is 3.74. The van der Waals surface area contributed by atoms with E-state index in [-0.39, 0.29) is 0 Å². The van der Waals surface area contributed by atoms with Gasteiger partial charge in [-0.3, -0.25) is 0 Å².